The lowest BCUT2D eigenvalue weighted by Crippen LogP contribution is -2.32. The zero-order valence-electron chi connectivity index (χ0n) is 18.7. The number of sulfonamides is 1. The number of ether oxygens (including phenoxy) is 1. The number of hydrazone groups is 1. The number of carbonyl (C=O) groups excluding carboxylic acids is 1. The first-order valence-corrected chi connectivity index (χ1v) is 12.4. The van der Waals surface area contributed by atoms with Crippen LogP contribution in [-0.2, 0) is 21.4 Å². The minimum atomic E-state index is -4.92. The molecule has 0 fully saturated rings. The Bertz CT molecular complexity index is 1500. The van der Waals surface area contributed by atoms with E-state index in [-0.39, 0.29) is 33.5 Å². The van der Waals surface area contributed by atoms with Gasteiger partial charge in [-0.3, -0.25) is 10.2 Å². The van der Waals surface area contributed by atoms with Crippen LogP contribution in [0.5, 0.6) is 5.75 Å². The van der Waals surface area contributed by atoms with Crippen LogP contribution in [0.15, 0.2) is 82.8 Å². The lowest BCUT2D eigenvalue weighted by atomic mass is 10.1. The molecule has 0 atom stereocenters. The SMILES string of the molecule is NS(=O)(=O)c1cccc(NC(=S)NN=C2C(=O)N(Cc3ccccc3)c3ccc(OC(F)(F)F)cc32)c1. The lowest BCUT2D eigenvalue weighted by molar-refractivity contribution is -0.274. The van der Waals surface area contributed by atoms with Crippen LogP contribution in [0.25, 0.3) is 0 Å². The van der Waals surface area contributed by atoms with Gasteiger partial charge in [0, 0.05) is 11.3 Å². The summed E-state index contributed by atoms with van der Waals surface area (Å²) >= 11 is 5.17. The molecule has 4 N–H and O–H groups in total. The second-order valence-corrected chi connectivity index (χ2v) is 9.67. The molecule has 14 heteroatoms. The summed E-state index contributed by atoms with van der Waals surface area (Å²) in [6, 6.07) is 18.0. The summed E-state index contributed by atoms with van der Waals surface area (Å²) in [5.41, 5.74) is 3.78. The number of nitrogens with zero attached hydrogens (tertiary/aromatic N) is 2. The van der Waals surface area contributed by atoms with Crippen LogP contribution in [0.2, 0.25) is 0 Å². The molecule has 4 rings (SSSR count). The Balaban J connectivity index is 1.61. The maximum absolute atomic E-state index is 13.2. The van der Waals surface area contributed by atoms with Crippen LogP contribution in [0.4, 0.5) is 24.5 Å². The number of nitrogens with one attached hydrogen (secondary N) is 2. The number of benzene rings is 3. The van der Waals surface area contributed by atoms with E-state index in [9.17, 15) is 26.4 Å². The van der Waals surface area contributed by atoms with Crippen molar-refractivity contribution in [2.75, 3.05) is 10.2 Å². The van der Waals surface area contributed by atoms with E-state index in [1.165, 1.54) is 35.2 Å². The monoisotopic (exact) mass is 549 g/mol. The van der Waals surface area contributed by atoms with Crippen LogP contribution in [0.1, 0.15) is 11.1 Å². The number of fused-ring (bicyclic) bond motifs is 1. The number of hydrogen-bond donors (Lipinski definition) is 3. The second-order valence-electron chi connectivity index (χ2n) is 7.70. The molecule has 0 spiro atoms. The highest BCUT2D eigenvalue weighted by Crippen LogP contribution is 2.35. The van der Waals surface area contributed by atoms with Crippen molar-refractivity contribution in [2.24, 2.45) is 10.2 Å². The summed E-state index contributed by atoms with van der Waals surface area (Å²) in [4.78, 5) is 14.5. The van der Waals surface area contributed by atoms with Gasteiger partial charge in [0.25, 0.3) is 5.91 Å². The molecule has 1 aliphatic rings. The van der Waals surface area contributed by atoms with Crippen molar-refractivity contribution in [3.8, 4) is 5.75 Å². The van der Waals surface area contributed by atoms with Crippen molar-refractivity contribution in [2.45, 2.75) is 17.8 Å². The van der Waals surface area contributed by atoms with E-state index in [2.05, 4.69) is 20.6 Å². The van der Waals surface area contributed by atoms with Crippen molar-refractivity contribution < 1.29 is 31.1 Å². The molecule has 0 radical (unpaired) electrons. The Morgan fingerprint density at radius 1 is 1.05 bits per heavy atom. The summed E-state index contributed by atoms with van der Waals surface area (Å²) < 4.78 is 65.5. The number of primary sulfonamides is 1. The van der Waals surface area contributed by atoms with Gasteiger partial charge in [-0.1, -0.05) is 36.4 Å². The third kappa shape index (κ3) is 6.41. The topological polar surface area (TPSA) is 126 Å². The van der Waals surface area contributed by atoms with Gasteiger partial charge in [0.15, 0.2) is 10.8 Å². The zero-order valence-corrected chi connectivity index (χ0v) is 20.3. The van der Waals surface area contributed by atoms with E-state index < -0.39 is 28.0 Å². The van der Waals surface area contributed by atoms with Crippen molar-refractivity contribution in [1.82, 2.24) is 5.43 Å². The molecule has 1 heterocycles. The molecular weight excluding hydrogens is 531 g/mol. The fraction of sp³-hybridized carbons (Fsp3) is 0.0870. The summed E-state index contributed by atoms with van der Waals surface area (Å²) in [5, 5.41) is 11.8. The lowest BCUT2D eigenvalue weighted by Gasteiger charge is -2.17. The van der Waals surface area contributed by atoms with Gasteiger partial charge in [-0.05, 0) is 54.2 Å². The van der Waals surface area contributed by atoms with Crippen LogP contribution < -0.4 is 25.5 Å². The number of amides is 1. The van der Waals surface area contributed by atoms with E-state index in [4.69, 9.17) is 17.4 Å². The van der Waals surface area contributed by atoms with Crippen molar-refractivity contribution >= 4 is 50.3 Å². The van der Waals surface area contributed by atoms with Crippen LogP contribution in [0, 0.1) is 0 Å². The Labute approximate surface area is 214 Å². The summed E-state index contributed by atoms with van der Waals surface area (Å²) in [7, 11) is -3.95. The number of carbonyl (C=O) groups is 1. The number of alkyl halides is 3. The van der Waals surface area contributed by atoms with Gasteiger partial charge in [-0.15, -0.1) is 13.2 Å². The molecule has 0 saturated carbocycles. The molecule has 3 aromatic carbocycles. The average Bonchev–Trinajstić information content (AvgIpc) is 3.07. The maximum atomic E-state index is 13.2. The molecule has 1 aliphatic heterocycles. The Kier molecular flexibility index (Phi) is 7.16. The number of thiocarbonyl (C=S) groups is 1. The van der Waals surface area contributed by atoms with E-state index in [0.29, 0.717) is 5.69 Å². The number of hydrogen-bond acceptors (Lipinski definition) is 6. The normalized spacial score (nSPS) is 14.4. The molecule has 3 aromatic rings. The number of halogens is 3. The van der Waals surface area contributed by atoms with Gasteiger partial charge >= 0.3 is 6.36 Å². The highest BCUT2D eigenvalue weighted by Gasteiger charge is 2.37. The number of nitrogens with two attached hydrogens (primary N) is 1. The molecule has 0 unspecified atom stereocenters. The first-order valence-electron chi connectivity index (χ1n) is 10.4. The van der Waals surface area contributed by atoms with Gasteiger partial charge in [0.2, 0.25) is 10.0 Å². The van der Waals surface area contributed by atoms with E-state index in [0.717, 1.165) is 17.7 Å². The number of rotatable bonds is 6. The Hall–Kier alpha value is -4.01. The summed E-state index contributed by atoms with van der Waals surface area (Å²) in [5.74, 6) is -1.09. The third-order valence-corrected chi connectivity index (χ3v) is 6.17. The standard InChI is InChI=1S/C23H18F3N5O4S2/c24-23(25,26)35-16-9-10-19-18(12-16)20(21(32)31(19)13-14-5-2-1-3-6-14)29-30-22(36)28-15-7-4-8-17(11-15)37(27,33)34/h1-12H,13H2,(H2,27,33,34)(H2,28,30,36). The predicted molar refractivity (Wildman–Crippen MR) is 134 cm³/mol. The minimum Gasteiger partial charge on any atom is -0.406 e. The zero-order chi connectivity index (χ0) is 26.8. The molecule has 192 valence electrons. The predicted octanol–water partition coefficient (Wildman–Crippen LogP) is 3.47. The summed E-state index contributed by atoms with van der Waals surface area (Å²) in [6.07, 6.45) is -4.92. The highest BCUT2D eigenvalue weighted by molar-refractivity contribution is 7.89. The van der Waals surface area contributed by atoms with E-state index in [1.807, 2.05) is 6.07 Å². The van der Waals surface area contributed by atoms with Crippen molar-refractivity contribution in [3.63, 3.8) is 0 Å². The molecule has 0 aromatic heterocycles. The smallest absolute Gasteiger partial charge is 0.406 e. The molecular formula is C23H18F3N5O4S2. The summed E-state index contributed by atoms with van der Waals surface area (Å²) in [6.45, 7) is 0.147. The first-order chi connectivity index (χ1) is 17.4. The van der Waals surface area contributed by atoms with Gasteiger partial charge in [-0.2, -0.15) is 5.10 Å². The maximum Gasteiger partial charge on any atom is 0.573 e. The molecule has 0 aliphatic carbocycles. The third-order valence-electron chi connectivity index (χ3n) is 5.07. The van der Waals surface area contributed by atoms with Gasteiger partial charge in [0.05, 0.1) is 17.1 Å². The Morgan fingerprint density at radius 3 is 2.46 bits per heavy atom. The highest BCUT2D eigenvalue weighted by atomic mass is 32.2. The largest absolute Gasteiger partial charge is 0.573 e. The van der Waals surface area contributed by atoms with Crippen LogP contribution in [-0.4, -0.2) is 31.5 Å². The van der Waals surface area contributed by atoms with E-state index >= 15 is 0 Å². The van der Waals surface area contributed by atoms with Crippen molar-refractivity contribution in [1.29, 1.82) is 0 Å². The average molecular weight is 550 g/mol. The van der Waals surface area contributed by atoms with Crippen LogP contribution >= 0.6 is 12.2 Å². The van der Waals surface area contributed by atoms with E-state index in [1.54, 1.807) is 24.3 Å². The molecule has 9 nitrogen and oxygen atoms in total. The fourth-order valence-corrected chi connectivity index (χ4v) is 4.26. The quantitative estimate of drug-likeness (QED) is 0.318. The second kappa shape index (κ2) is 10.2. The first kappa shape index (κ1) is 26.1. The van der Waals surface area contributed by atoms with Gasteiger partial charge in [0.1, 0.15) is 5.75 Å². The van der Waals surface area contributed by atoms with Gasteiger partial charge in [-0.25, -0.2) is 13.6 Å². The molecule has 0 saturated heterocycles. The van der Waals surface area contributed by atoms with Crippen molar-refractivity contribution in [3.05, 3.63) is 83.9 Å². The minimum absolute atomic E-state index is 0.106. The molecule has 1 amide bonds. The van der Waals surface area contributed by atoms with Crippen LogP contribution in [0.3, 0.4) is 0 Å². The molecule has 0 bridgehead atoms. The van der Waals surface area contributed by atoms with Gasteiger partial charge < -0.3 is 15.0 Å². The number of anilines is 2. The molecule has 37 heavy (non-hydrogen) atoms. The Morgan fingerprint density at radius 2 is 1.78 bits per heavy atom. The fourth-order valence-electron chi connectivity index (χ4n) is 3.54.